The van der Waals surface area contributed by atoms with E-state index in [0.29, 0.717) is 0 Å². The fourth-order valence-electron chi connectivity index (χ4n) is 1.52. The van der Waals surface area contributed by atoms with Crippen molar-refractivity contribution in [2.24, 2.45) is 5.10 Å². The normalized spacial score (nSPS) is 14.2. The maximum Gasteiger partial charge on any atom is 0.158 e. The molecule has 0 unspecified atom stereocenters. The molecular formula is C10H10N6. The van der Waals surface area contributed by atoms with Crippen LogP contribution in [0.5, 0.6) is 0 Å². The van der Waals surface area contributed by atoms with Gasteiger partial charge in [-0.05, 0) is 24.3 Å². The number of rotatable bonds is 2. The average molecular weight is 214 g/mol. The fourth-order valence-corrected chi connectivity index (χ4v) is 1.52. The van der Waals surface area contributed by atoms with E-state index in [1.165, 1.54) is 0 Å². The van der Waals surface area contributed by atoms with Crippen LogP contribution in [-0.2, 0) is 0 Å². The van der Waals surface area contributed by atoms with Crippen molar-refractivity contribution < 1.29 is 0 Å². The summed E-state index contributed by atoms with van der Waals surface area (Å²) in [6.45, 7) is 0. The smallest absolute Gasteiger partial charge is 0.158 e. The minimum atomic E-state index is 0.959. The second-order valence-electron chi connectivity index (χ2n) is 3.25. The van der Waals surface area contributed by atoms with Gasteiger partial charge in [0, 0.05) is 24.8 Å². The van der Waals surface area contributed by atoms with Gasteiger partial charge in [-0.15, -0.1) is 5.10 Å². The average Bonchev–Trinajstić information content (AvgIpc) is 3.01. The molecule has 3 heterocycles. The molecule has 1 aliphatic heterocycles. The largest absolute Gasteiger partial charge is 0.265 e. The minimum Gasteiger partial charge on any atom is -0.265 e. The van der Waals surface area contributed by atoms with Gasteiger partial charge in [-0.3, -0.25) is 4.98 Å². The molecule has 1 aliphatic rings. The van der Waals surface area contributed by atoms with E-state index in [1.807, 2.05) is 51.6 Å². The van der Waals surface area contributed by atoms with Crippen molar-refractivity contribution in [3.05, 3.63) is 49.1 Å². The van der Waals surface area contributed by atoms with Gasteiger partial charge in [0.25, 0.3) is 0 Å². The zero-order chi connectivity index (χ0) is 10.8. The van der Waals surface area contributed by atoms with Crippen molar-refractivity contribution in [2.45, 2.75) is 0 Å². The lowest BCUT2D eigenvalue weighted by Crippen LogP contribution is -2.49. The molecule has 80 valence electrons. The molecule has 0 saturated heterocycles. The highest BCUT2D eigenvalue weighted by atomic mass is 16.0. The summed E-state index contributed by atoms with van der Waals surface area (Å²) < 4.78 is 1.91. The van der Waals surface area contributed by atoms with Crippen molar-refractivity contribution in [3.63, 3.8) is 0 Å². The molecule has 6 heteroatoms. The van der Waals surface area contributed by atoms with Gasteiger partial charge in [-0.1, -0.05) is 0 Å². The van der Waals surface area contributed by atoms with Crippen LogP contribution in [0.1, 0.15) is 0 Å². The fraction of sp³-hybridized carbons (Fsp3) is 0. The number of hydrogen-bond acceptors (Lipinski definition) is 5. The maximum absolute atomic E-state index is 4.01. The molecule has 16 heavy (non-hydrogen) atoms. The lowest BCUT2D eigenvalue weighted by Gasteiger charge is -2.28. The number of hydrazine groups is 2. The monoisotopic (exact) mass is 214 g/mol. The van der Waals surface area contributed by atoms with E-state index in [4.69, 9.17) is 0 Å². The van der Waals surface area contributed by atoms with E-state index >= 15 is 0 Å². The standard InChI is InChI=1S/C10H10N6/c1-2-8-14(7-1)15-9-12-13-16(15)10-3-5-11-6-4-10/h1-9,13H. The van der Waals surface area contributed by atoms with E-state index in [-0.39, 0.29) is 0 Å². The Morgan fingerprint density at radius 2 is 1.81 bits per heavy atom. The van der Waals surface area contributed by atoms with Crippen LogP contribution in [0.2, 0.25) is 0 Å². The second kappa shape index (κ2) is 3.58. The Labute approximate surface area is 92.3 Å². The molecule has 3 rings (SSSR count). The Balaban J connectivity index is 1.92. The number of nitrogens with zero attached hydrogens (tertiary/aromatic N) is 5. The molecule has 0 aliphatic carbocycles. The lowest BCUT2D eigenvalue weighted by molar-refractivity contribution is 0.622. The van der Waals surface area contributed by atoms with E-state index in [0.717, 1.165) is 5.69 Å². The zero-order valence-corrected chi connectivity index (χ0v) is 8.43. The predicted octanol–water partition coefficient (Wildman–Crippen LogP) is 0.704. The molecule has 0 aromatic carbocycles. The second-order valence-corrected chi connectivity index (χ2v) is 3.25. The van der Waals surface area contributed by atoms with Gasteiger partial charge in [0.05, 0.1) is 5.69 Å². The Kier molecular flexibility index (Phi) is 1.96. The van der Waals surface area contributed by atoms with Crippen molar-refractivity contribution >= 4 is 12.0 Å². The van der Waals surface area contributed by atoms with E-state index in [2.05, 4.69) is 15.6 Å². The van der Waals surface area contributed by atoms with Gasteiger partial charge >= 0.3 is 0 Å². The van der Waals surface area contributed by atoms with Crippen LogP contribution in [0.15, 0.2) is 54.2 Å². The molecule has 2 aromatic rings. The first-order valence-electron chi connectivity index (χ1n) is 4.86. The van der Waals surface area contributed by atoms with Crippen LogP contribution in [-0.4, -0.2) is 16.0 Å². The van der Waals surface area contributed by atoms with Crippen LogP contribution in [0, 0.1) is 0 Å². The van der Waals surface area contributed by atoms with Crippen LogP contribution in [0.25, 0.3) is 0 Å². The maximum atomic E-state index is 4.01. The molecule has 0 radical (unpaired) electrons. The minimum absolute atomic E-state index is 0.959. The highest BCUT2D eigenvalue weighted by Gasteiger charge is 2.18. The summed E-state index contributed by atoms with van der Waals surface area (Å²) in [6.07, 6.45) is 9.05. The molecule has 0 amide bonds. The summed E-state index contributed by atoms with van der Waals surface area (Å²) in [7, 11) is 0. The molecule has 0 spiro atoms. The van der Waals surface area contributed by atoms with Gasteiger partial charge in [0.2, 0.25) is 0 Å². The number of aromatic nitrogens is 2. The summed E-state index contributed by atoms with van der Waals surface area (Å²) in [5, 5.41) is 7.66. The first-order chi connectivity index (χ1) is 7.95. The van der Waals surface area contributed by atoms with Gasteiger partial charge in [-0.2, -0.15) is 15.8 Å². The van der Waals surface area contributed by atoms with E-state index < -0.39 is 0 Å². The summed E-state index contributed by atoms with van der Waals surface area (Å²) in [5.74, 6) is 0. The topological polar surface area (TPSA) is 48.7 Å². The van der Waals surface area contributed by atoms with Crippen LogP contribution in [0.4, 0.5) is 5.69 Å². The van der Waals surface area contributed by atoms with Crippen molar-refractivity contribution in [2.75, 3.05) is 10.2 Å². The van der Waals surface area contributed by atoms with Gasteiger partial charge in [0.1, 0.15) is 0 Å². The Hall–Kier alpha value is -2.50. The van der Waals surface area contributed by atoms with E-state index in [9.17, 15) is 0 Å². The highest BCUT2D eigenvalue weighted by molar-refractivity contribution is 5.74. The SMILES string of the molecule is C1=NNN(c2ccncc2)N1n1cccc1. The molecule has 6 nitrogen and oxygen atoms in total. The van der Waals surface area contributed by atoms with Crippen LogP contribution in [0.3, 0.4) is 0 Å². The molecule has 1 N–H and O–H groups in total. The molecular weight excluding hydrogens is 204 g/mol. The van der Waals surface area contributed by atoms with Gasteiger partial charge in [0.15, 0.2) is 6.34 Å². The number of anilines is 1. The molecule has 0 saturated carbocycles. The highest BCUT2D eigenvalue weighted by Crippen LogP contribution is 2.13. The van der Waals surface area contributed by atoms with Crippen molar-refractivity contribution in [3.8, 4) is 0 Å². The first kappa shape index (κ1) is 8.78. The third-order valence-electron chi connectivity index (χ3n) is 2.25. The van der Waals surface area contributed by atoms with Crippen molar-refractivity contribution in [1.82, 2.24) is 15.2 Å². The third kappa shape index (κ3) is 1.36. The lowest BCUT2D eigenvalue weighted by atomic mass is 10.4. The van der Waals surface area contributed by atoms with Crippen LogP contribution >= 0.6 is 0 Å². The third-order valence-corrected chi connectivity index (χ3v) is 2.25. The van der Waals surface area contributed by atoms with Gasteiger partial charge < -0.3 is 0 Å². The Morgan fingerprint density at radius 1 is 1.06 bits per heavy atom. The quantitative estimate of drug-likeness (QED) is 0.799. The Morgan fingerprint density at radius 3 is 2.56 bits per heavy atom. The van der Waals surface area contributed by atoms with E-state index in [1.54, 1.807) is 18.7 Å². The summed E-state index contributed by atoms with van der Waals surface area (Å²) in [4.78, 5) is 3.98. The predicted molar refractivity (Wildman–Crippen MR) is 61.0 cm³/mol. The number of nitrogens with one attached hydrogen (secondary N) is 1. The summed E-state index contributed by atoms with van der Waals surface area (Å²) in [5.41, 5.74) is 3.85. The molecule has 0 fully saturated rings. The molecule has 0 atom stereocenters. The molecule has 2 aromatic heterocycles. The Bertz CT molecular complexity index is 477. The number of hydrazone groups is 1. The summed E-state index contributed by atoms with van der Waals surface area (Å²) in [6, 6.07) is 7.71. The molecule has 0 bridgehead atoms. The summed E-state index contributed by atoms with van der Waals surface area (Å²) >= 11 is 0. The number of pyridine rings is 1. The zero-order valence-electron chi connectivity index (χ0n) is 8.43. The number of hydrogen-bond donors (Lipinski definition) is 1. The van der Waals surface area contributed by atoms with Gasteiger partial charge in [-0.25, -0.2) is 4.68 Å². The first-order valence-corrected chi connectivity index (χ1v) is 4.86. The van der Waals surface area contributed by atoms with Crippen molar-refractivity contribution in [1.29, 1.82) is 0 Å². The van der Waals surface area contributed by atoms with Crippen LogP contribution < -0.4 is 15.8 Å².